The van der Waals surface area contributed by atoms with Crippen LogP contribution >= 0.6 is 11.3 Å². The molecule has 0 fully saturated rings. The van der Waals surface area contributed by atoms with E-state index < -0.39 is 15.9 Å². The molecular weight excluding hydrogens is 414 g/mol. The quantitative estimate of drug-likeness (QED) is 0.530. The standard InChI is InChI=1S/C19H17N3O5S2/c1-13(23)14-2-6-16(7-3-14)27-12-18(24)21-15-4-8-17(9-5-15)29(25,26)22-19-20-10-11-28-19/h2-11H,12H2,1H3,(H,20,22)(H,21,24). The van der Waals surface area contributed by atoms with Gasteiger partial charge in [-0.25, -0.2) is 13.4 Å². The highest BCUT2D eigenvalue weighted by Gasteiger charge is 2.15. The molecule has 10 heteroatoms. The highest BCUT2D eigenvalue weighted by molar-refractivity contribution is 7.93. The summed E-state index contributed by atoms with van der Waals surface area (Å²) in [6, 6.07) is 12.2. The van der Waals surface area contributed by atoms with E-state index in [9.17, 15) is 18.0 Å². The predicted octanol–water partition coefficient (Wildman–Crippen LogP) is 3.16. The minimum absolute atomic E-state index is 0.0486. The van der Waals surface area contributed by atoms with E-state index in [0.29, 0.717) is 17.0 Å². The highest BCUT2D eigenvalue weighted by atomic mass is 32.2. The van der Waals surface area contributed by atoms with E-state index >= 15 is 0 Å². The van der Waals surface area contributed by atoms with Crippen molar-refractivity contribution in [2.24, 2.45) is 0 Å². The summed E-state index contributed by atoms with van der Waals surface area (Å²) >= 11 is 1.17. The molecule has 0 unspecified atom stereocenters. The number of Topliss-reactive ketones (excluding diaryl/α,β-unsaturated/α-hetero) is 1. The lowest BCUT2D eigenvalue weighted by Gasteiger charge is -2.09. The minimum atomic E-state index is -3.75. The topological polar surface area (TPSA) is 114 Å². The number of ketones is 1. The fourth-order valence-corrected chi connectivity index (χ4v) is 4.09. The Morgan fingerprint density at radius 1 is 1.07 bits per heavy atom. The molecule has 2 N–H and O–H groups in total. The van der Waals surface area contributed by atoms with Crippen molar-refractivity contribution in [2.75, 3.05) is 16.6 Å². The third kappa shape index (κ3) is 5.62. The van der Waals surface area contributed by atoms with Crippen molar-refractivity contribution in [1.82, 2.24) is 4.98 Å². The van der Waals surface area contributed by atoms with Gasteiger partial charge in [0.2, 0.25) is 0 Å². The van der Waals surface area contributed by atoms with Crippen LogP contribution < -0.4 is 14.8 Å². The molecule has 0 saturated carbocycles. The van der Waals surface area contributed by atoms with Gasteiger partial charge in [0, 0.05) is 22.8 Å². The zero-order valence-corrected chi connectivity index (χ0v) is 16.9. The van der Waals surface area contributed by atoms with E-state index in [1.165, 1.54) is 48.7 Å². The number of hydrogen-bond donors (Lipinski definition) is 2. The van der Waals surface area contributed by atoms with Gasteiger partial charge in [-0.1, -0.05) is 0 Å². The fourth-order valence-electron chi connectivity index (χ4n) is 2.30. The molecule has 0 radical (unpaired) electrons. The van der Waals surface area contributed by atoms with Crippen molar-refractivity contribution in [3.05, 3.63) is 65.7 Å². The molecular formula is C19H17N3O5S2. The van der Waals surface area contributed by atoms with Crippen molar-refractivity contribution in [2.45, 2.75) is 11.8 Å². The van der Waals surface area contributed by atoms with Crippen molar-refractivity contribution < 1.29 is 22.7 Å². The number of sulfonamides is 1. The Balaban J connectivity index is 1.55. The summed E-state index contributed by atoms with van der Waals surface area (Å²) in [5.74, 6) is -0.00128. The maximum atomic E-state index is 12.3. The van der Waals surface area contributed by atoms with Crippen LogP contribution in [0.1, 0.15) is 17.3 Å². The molecule has 0 aliphatic carbocycles. The van der Waals surface area contributed by atoms with Gasteiger partial charge in [0.1, 0.15) is 5.75 Å². The molecule has 150 valence electrons. The zero-order chi connectivity index (χ0) is 20.9. The molecule has 3 aromatic rings. The summed E-state index contributed by atoms with van der Waals surface area (Å²) in [6.07, 6.45) is 1.50. The Kier molecular flexibility index (Phi) is 6.25. The summed E-state index contributed by atoms with van der Waals surface area (Å²) in [6.45, 7) is 1.24. The SMILES string of the molecule is CC(=O)c1ccc(OCC(=O)Nc2ccc(S(=O)(=O)Nc3nccs3)cc2)cc1. The monoisotopic (exact) mass is 431 g/mol. The Bertz CT molecular complexity index is 1090. The number of rotatable bonds is 8. The van der Waals surface area contributed by atoms with Gasteiger partial charge in [0.15, 0.2) is 17.5 Å². The number of ether oxygens (including phenoxy) is 1. The lowest BCUT2D eigenvalue weighted by Crippen LogP contribution is -2.20. The minimum Gasteiger partial charge on any atom is -0.484 e. The molecule has 0 aliphatic heterocycles. The van der Waals surface area contributed by atoms with Crippen LogP contribution in [0.3, 0.4) is 0 Å². The summed E-state index contributed by atoms with van der Waals surface area (Å²) in [5.41, 5.74) is 0.986. The first-order valence-corrected chi connectivity index (χ1v) is 10.8. The molecule has 8 nitrogen and oxygen atoms in total. The molecule has 3 rings (SSSR count). The van der Waals surface area contributed by atoms with Crippen LogP contribution in [-0.4, -0.2) is 31.7 Å². The Hall–Kier alpha value is -3.24. The zero-order valence-electron chi connectivity index (χ0n) is 15.3. The average Bonchev–Trinajstić information content (AvgIpc) is 3.19. The van der Waals surface area contributed by atoms with Gasteiger partial charge in [-0.2, -0.15) is 0 Å². The van der Waals surface area contributed by atoms with Gasteiger partial charge >= 0.3 is 0 Å². The normalized spacial score (nSPS) is 10.9. The first kappa shape index (κ1) is 20.5. The molecule has 0 saturated heterocycles. The fraction of sp³-hybridized carbons (Fsp3) is 0.105. The van der Waals surface area contributed by atoms with Crippen LogP contribution in [0.2, 0.25) is 0 Å². The number of aromatic nitrogens is 1. The van der Waals surface area contributed by atoms with Crippen molar-refractivity contribution in [1.29, 1.82) is 0 Å². The van der Waals surface area contributed by atoms with Gasteiger partial charge in [-0.3, -0.25) is 14.3 Å². The van der Waals surface area contributed by atoms with E-state index in [1.54, 1.807) is 29.6 Å². The lowest BCUT2D eigenvalue weighted by atomic mass is 10.1. The first-order valence-electron chi connectivity index (χ1n) is 8.39. The van der Waals surface area contributed by atoms with Crippen molar-refractivity contribution >= 4 is 43.9 Å². The number of amides is 1. The summed E-state index contributed by atoms with van der Waals surface area (Å²) in [4.78, 5) is 27.2. The van der Waals surface area contributed by atoms with Crippen molar-refractivity contribution in [3.8, 4) is 5.75 Å². The van der Waals surface area contributed by atoms with Crippen molar-refractivity contribution in [3.63, 3.8) is 0 Å². The number of carbonyl (C=O) groups is 2. The maximum absolute atomic E-state index is 12.3. The Labute approximate surface area is 171 Å². The lowest BCUT2D eigenvalue weighted by molar-refractivity contribution is -0.118. The number of hydrogen-bond acceptors (Lipinski definition) is 7. The summed E-state index contributed by atoms with van der Waals surface area (Å²) < 4.78 is 32.3. The second-order valence-electron chi connectivity index (χ2n) is 5.88. The van der Waals surface area contributed by atoms with Crippen LogP contribution in [0, 0.1) is 0 Å². The van der Waals surface area contributed by atoms with Crippen LogP contribution in [0.15, 0.2) is 65.0 Å². The molecule has 1 amide bonds. The number of carbonyl (C=O) groups excluding carboxylic acids is 2. The highest BCUT2D eigenvalue weighted by Crippen LogP contribution is 2.19. The third-order valence-electron chi connectivity index (χ3n) is 3.73. The number of nitrogens with zero attached hydrogens (tertiary/aromatic N) is 1. The molecule has 0 spiro atoms. The van der Waals surface area contributed by atoms with E-state index in [1.807, 2.05) is 0 Å². The summed E-state index contributed by atoms with van der Waals surface area (Å²) in [7, 11) is -3.75. The number of benzene rings is 2. The largest absolute Gasteiger partial charge is 0.484 e. The molecule has 1 heterocycles. The van der Waals surface area contributed by atoms with Crippen LogP contribution in [0.4, 0.5) is 10.8 Å². The Morgan fingerprint density at radius 2 is 1.76 bits per heavy atom. The number of anilines is 2. The molecule has 0 atom stereocenters. The number of nitrogens with one attached hydrogen (secondary N) is 2. The smallest absolute Gasteiger partial charge is 0.263 e. The van der Waals surface area contributed by atoms with Crippen LogP contribution in [-0.2, 0) is 14.8 Å². The third-order valence-corrected chi connectivity index (χ3v) is 5.91. The molecule has 2 aromatic carbocycles. The second-order valence-corrected chi connectivity index (χ2v) is 8.46. The second kappa shape index (κ2) is 8.84. The first-order chi connectivity index (χ1) is 13.8. The predicted molar refractivity (Wildman–Crippen MR) is 110 cm³/mol. The van der Waals surface area contributed by atoms with E-state index in [0.717, 1.165) is 0 Å². The van der Waals surface area contributed by atoms with Gasteiger partial charge in [0.25, 0.3) is 15.9 Å². The van der Waals surface area contributed by atoms with E-state index in [2.05, 4.69) is 15.0 Å². The van der Waals surface area contributed by atoms with Crippen LogP contribution in [0.5, 0.6) is 5.75 Å². The van der Waals surface area contributed by atoms with Gasteiger partial charge in [-0.05, 0) is 55.5 Å². The molecule has 1 aromatic heterocycles. The molecule has 0 bridgehead atoms. The maximum Gasteiger partial charge on any atom is 0.263 e. The van der Waals surface area contributed by atoms with E-state index in [4.69, 9.17) is 4.74 Å². The van der Waals surface area contributed by atoms with E-state index in [-0.39, 0.29) is 22.4 Å². The van der Waals surface area contributed by atoms with Gasteiger partial charge in [-0.15, -0.1) is 11.3 Å². The van der Waals surface area contributed by atoms with Gasteiger partial charge in [0.05, 0.1) is 4.90 Å². The average molecular weight is 431 g/mol. The summed E-state index contributed by atoms with van der Waals surface area (Å²) in [5, 5.41) is 4.56. The molecule has 0 aliphatic rings. The number of thiazole rings is 1. The van der Waals surface area contributed by atoms with Gasteiger partial charge < -0.3 is 10.1 Å². The van der Waals surface area contributed by atoms with Crippen LogP contribution in [0.25, 0.3) is 0 Å². The molecule has 29 heavy (non-hydrogen) atoms. The Morgan fingerprint density at radius 3 is 2.34 bits per heavy atom.